The minimum Gasteiger partial charge on any atom is -0.492 e. The Balaban J connectivity index is 2.15. The van der Waals surface area contributed by atoms with E-state index in [0.717, 1.165) is 11.3 Å². The second-order valence-corrected chi connectivity index (χ2v) is 5.85. The van der Waals surface area contributed by atoms with Crippen LogP contribution in [0.1, 0.15) is 19.4 Å². The van der Waals surface area contributed by atoms with E-state index in [1.54, 1.807) is 32.0 Å². The lowest BCUT2D eigenvalue weighted by Gasteiger charge is -2.31. The van der Waals surface area contributed by atoms with Gasteiger partial charge in [-0.1, -0.05) is 11.6 Å². The lowest BCUT2D eigenvalue weighted by Crippen LogP contribution is -2.46. The van der Waals surface area contributed by atoms with Gasteiger partial charge in [0.15, 0.2) is 0 Å². The van der Waals surface area contributed by atoms with Crippen molar-refractivity contribution in [2.24, 2.45) is 5.92 Å². The van der Waals surface area contributed by atoms with Gasteiger partial charge in [-0.15, -0.1) is 0 Å². The minimum atomic E-state index is -1.02. The van der Waals surface area contributed by atoms with Crippen LogP contribution < -0.4 is 4.74 Å². The number of nitrogens with zero attached hydrogens (tertiary/aromatic N) is 1. The molecule has 0 saturated heterocycles. The molecule has 0 spiro atoms. The van der Waals surface area contributed by atoms with Crippen molar-refractivity contribution in [2.75, 3.05) is 13.2 Å². The van der Waals surface area contributed by atoms with Gasteiger partial charge >= 0.3 is 5.97 Å². The molecule has 1 aromatic rings. The molecule has 5 nitrogen and oxygen atoms in total. The minimum absolute atomic E-state index is 0.172. The maximum Gasteiger partial charge on any atom is 0.323 e. The number of hydrogen-bond donors (Lipinski definition) is 1. The zero-order chi connectivity index (χ0) is 15.6. The summed E-state index contributed by atoms with van der Waals surface area (Å²) < 4.78 is 5.59. The Hall–Kier alpha value is -1.75. The SMILES string of the molecule is CC(C)N(CC(=O)O)C(=O)C1COc2ccc(Cl)cc2C1. The summed E-state index contributed by atoms with van der Waals surface area (Å²) in [4.78, 5) is 24.8. The van der Waals surface area contributed by atoms with Crippen molar-refractivity contribution in [3.8, 4) is 5.75 Å². The fraction of sp³-hybridized carbons (Fsp3) is 0.467. The summed E-state index contributed by atoms with van der Waals surface area (Å²) in [6, 6.07) is 5.14. The Morgan fingerprint density at radius 2 is 2.19 bits per heavy atom. The highest BCUT2D eigenvalue weighted by Gasteiger charge is 2.31. The summed E-state index contributed by atoms with van der Waals surface area (Å²) in [5.41, 5.74) is 0.881. The van der Waals surface area contributed by atoms with E-state index in [2.05, 4.69) is 0 Å². The average Bonchev–Trinajstić information content (AvgIpc) is 2.42. The number of halogens is 1. The topological polar surface area (TPSA) is 66.8 Å². The average molecular weight is 312 g/mol. The Bertz CT molecular complexity index is 559. The summed E-state index contributed by atoms with van der Waals surface area (Å²) in [6.45, 7) is 3.57. The summed E-state index contributed by atoms with van der Waals surface area (Å²) in [7, 11) is 0. The number of benzene rings is 1. The molecule has 1 N–H and O–H groups in total. The highest BCUT2D eigenvalue weighted by atomic mass is 35.5. The van der Waals surface area contributed by atoms with E-state index in [1.807, 2.05) is 0 Å². The van der Waals surface area contributed by atoms with Gasteiger partial charge in [-0.25, -0.2) is 0 Å². The molecule has 1 heterocycles. The second-order valence-electron chi connectivity index (χ2n) is 5.42. The van der Waals surface area contributed by atoms with Gasteiger partial charge in [-0.2, -0.15) is 0 Å². The predicted octanol–water partition coefficient (Wildman–Crippen LogP) is 2.21. The monoisotopic (exact) mass is 311 g/mol. The van der Waals surface area contributed by atoms with Crippen LogP contribution in [-0.2, 0) is 16.0 Å². The number of fused-ring (bicyclic) bond motifs is 1. The van der Waals surface area contributed by atoms with Gasteiger partial charge < -0.3 is 14.7 Å². The van der Waals surface area contributed by atoms with E-state index in [1.165, 1.54) is 4.90 Å². The molecule has 2 rings (SSSR count). The maximum absolute atomic E-state index is 12.5. The van der Waals surface area contributed by atoms with Gasteiger partial charge in [0.2, 0.25) is 5.91 Å². The van der Waals surface area contributed by atoms with Gasteiger partial charge in [0.1, 0.15) is 18.9 Å². The predicted molar refractivity (Wildman–Crippen MR) is 78.6 cm³/mol. The Morgan fingerprint density at radius 1 is 1.48 bits per heavy atom. The highest BCUT2D eigenvalue weighted by molar-refractivity contribution is 6.30. The first kappa shape index (κ1) is 15.6. The molecule has 6 heteroatoms. The van der Waals surface area contributed by atoms with Crippen molar-refractivity contribution in [3.05, 3.63) is 28.8 Å². The molecular formula is C15H18ClNO4. The van der Waals surface area contributed by atoms with Crippen molar-refractivity contribution >= 4 is 23.5 Å². The first-order valence-corrected chi connectivity index (χ1v) is 7.19. The number of carbonyl (C=O) groups is 2. The van der Waals surface area contributed by atoms with E-state index < -0.39 is 5.97 Å². The molecule has 0 saturated carbocycles. The molecule has 0 aromatic heterocycles. The van der Waals surface area contributed by atoms with Gasteiger partial charge in [0.05, 0.1) is 5.92 Å². The fourth-order valence-electron chi connectivity index (χ4n) is 2.42. The van der Waals surface area contributed by atoms with Gasteiger partial charge in [-0.05, 0) is 44.0 Å². The Labute approximate surface area is 128 Å². The summed E-state index contributed by atoms with van der Waals surface area (Å²) in [5, 5.41) is 9.53. The second kappa shape index (κ2) is 6.35. The summed E-state index contributed by atoms with van der Waals surface area (Å²) in [6.07, 6.45) is 0.511. The van der Waals surface area contributed by atoms with Gasteiger partial charge in [-0.3, -0.25) is 9.59 Å². The highest BCUT2D eigenvalue weighted by Crippen LogP contribution is 2.30. The standard InChI is InChI=1S/C15H18ClNO4/c1-9(2)17(7-14(18)19)15(20)11-5-10-6-12(16)3-4-13(10)21-8-11/h3-4,6,9,11H,5,7-8H2,1-2H3,(H,18,19). The first-order chi connectivity index (χ1) is 9.88. The van der Waals surface area contributed by atoms with Crippen LogP contribution in [0.2, 0.25) is 5.02 Å². The van der Waals surface area contributed by atoms with Crippen LogP contribution in [-0.4, -0.2) is 41.1 Å². The number of ether oxygens (including phenoxy) is 1. The normalized spacial score (nSPS) is 17.0. The van der Waals surface area contributed by atoms with Gasteiger partial charge in [0, 0.05) is 11.1 Å². The van der Waals surface area contributed by atoms with Crippen LogP contribution in [0.4, 0.5) is 0 Å². The van der Waals surface area contributed by atoms with Crippen LogP contribution in [0.3, 0.4) is 0 Å². The Kier molecular flexibility index (Phi) is 4.73. The van der Waals surface area contributed by atoms with Crippen LogP contribution in [0, 0.1) is 5.92 Å². The number of rotatable bonds is 4. The molecule has 0 aliphatic carbocycles. The fourth-order valence-corrected chi connectivity index (χ4v) is 2.61. The van der Waals surface area contributed by atoms with Crippen molar-refractivity contribution in [1.29, 1.82) is 0 Å². The first-order valence-electron chi connectivity index (χ1n) is 6.82. The lowest BCUT2D eigenvalue weighted by molar-refractivity contribution is -0.148. The quantitative estimate of drug-likeness (QED) is 0.926. The van der Waals surface area contributed by atoms with E-state index in [0.29, 0.717) is 11.4 Å². The largest absolute Gasteiger partial charge is 0.492 e. The molecule has 0 fully saturated rings. The number of amides is 1. The molecule has 21 heavy (non-hydrogen) atoms. The van der Waals surface area contributed by atoms with Crippen molar-refractivity contribution in [1.82, 2.24) is 4.90 Å². The van der Waals surface area contributed by atoms with Crippen molar-refractivity contribution in [3.63, 3.8) is 0 Å². The molecule has 114 valence electrons. The summed E-state index contributed by atoms with van der Waals surface area (Å²) in [5.74, 6) is -0.856. The zero-order valence-corrected chi connectivity index (χ0v) is 12.8. The van der Waals surface area contributed by atoms with Crippen LogP contribution in [0.5, 0.6) is 5.75 Å². The third kappa shape index (κ3) is 3.67. The molecule has 1 atom stereocenters. The van der Waals surface area contributed by atoms with E-state index in [-0.39, 0.29) is 31.0 Å². The molecule has 1 unspecified atom stereocenters. The maximum atomic E-state index is 12.5. The smallest absolute Gasteiger partial charge is 0.323 e. The Morgan fingerprint density at radius 3 is 2.81 bits per heavy atom. The molecule has 1 aromatic carbocycles. The van der Waals surface area contributed by atoms with Gasteiger partial charge in [0.25, 0.3) is 0 Å². The molecule has 0 bridgehead atoms. The zero-order valence-electron chi connectivity index (χ0n) is 12.0. The number of carboxylic acids is 1. The van der Waals surface area contributed by atoms with Crippen LogP contribution >= 0.6 is 11.6 Å². The van der Waals surface area contributed by atoms with E-state index >= 15 is 0 Å². The number of hydrogen-bond acceptors (Lipinski definition) is 3. The molecule has 1 aliphatic heterocycles. The molecule has 1 amide bonds. The van der Waals surface area contributed by atoms with E-state index in [4.69, 9.17) is 21.4 Å². The molecule has 0 radical (unpaired) electrons. The van der Waals surface area contributed by atoms with E-state index in [9.17, 15) is 9.59 Å². The lowest BCUT2D eigenvalue weighted by atomic mass is 9.95. The number of carboxylic acid groups (broad SMARTS) is 1. The van der Waals surface area contributed by atoms with Crippen LogP contribution in [0.15, 0.2) is 18.2 Å². The summed E-state index contributed by atoms with van der Waals surface area (Å²) >= 11 is 5.96. The molecular weight excluding hydrogens is 294 g/mol. The third-order valence-corrected chi connectivity index (χ3v) is 3.73. The molecule has 1 aliphatic rings. The number of carbonyl (C=O) groups excluding carboxylic acids is 1. The van der Waals surface area contributed by atoms with Crippen LogP contribution in [0.25, 0.3) is 0 Å². The van der Waals surface area contributed by atoms with Crippen molar-refractivity contribution < 1.29 is 19.4 Å². The van der Waals surface area contributed by atoms with Crippen molar-refractivity contribution in [2.45, 2.75) is 26.3 Å². The number of aliphatic carboxylic acids is 1. The third-order valence-electron chi connectivity index (χ3n) is 3.49.